The Morgan fingerprint density at radius 3 is 2.79 bits per heavy atom. The Morgan fingerprint density at radius 1 is 1.42 bits per heavy atom. The van der Waals surface area contributed by atoms with Gasteiger partial charge in [0, 0.05) is 6.07 Å². The van der Waals surface area contributed by atoms with E-state index in [2.05, 4.69) is 20.3 Å². The summed E-state index contributed by atoms with van der Waals surface area (Å²) in [6.07, 6.45) is 0. The highest BCUT2D eigenvalue weighted by Gasteiger charge is 2.14. The van der Waals surface area contributed by atoms with E-state index in [1.54, 1.807) is 6.07 Å². The first-order valence-electron chi connectivity index (χ1n) is 5.22. The highest BCUT2D eigenvalue weighted by Crippen LogP contribution is 2.25. The number of benzene rings is 1. The summed E-state index contributed by atoms with van der Waals surface area (Å²) >= 11 is 0. The number of carbonyl (C=O) groups is 1. The molecule has 2 aromatic rings. The molecule has 1 heterocycles. The van der Waals surface area contributed by atoms with E-state index in [1.807, 2.05) is 0 Å². The molecular weight excluding hydrogens is 258 g/mol. The highest BCUT2D eigenvalue weighted by molar-refractivity contribution is 6.04. The molecule has 8 heteroatoms. The van der Waals surface area contributed by atoms with Crippen LogP contribution in [0, 0.1) is 0 Å². The molecule has 2 rings (SSSR count). The molecule has 1 aromatic carbocycles. The fourth-order valence-corrected chi connectivity index (χ4v) is 1.41. The Labute approximate surface area is 106 Å². The Hall–Kier alpha value is -2.64. The minimum atomic E-state index is -2.97. The van der Waals surface area contributed by atoms with Crippen LogP contribution in [0.4, 0.5) is 20.3 Å². The quantitative estimate of drug-likeness (QED) is 0.788. The number of para-hydroxylation sites is 2. The number of ether oxygens (including phenoxy) is 1. The molecule has 0 fully saturated rings. The standard InChI is InChI=1S/C11H10F2N4O2/c12-11(13)19-8-4-2-1-3-6(8)15-10(18)7-5-9(14)17-16-7/h1-5,11H,(H,15,18)(H3,14,16,17). The number of aromatic amines is 1. The van der Waals surface area contributed by atoms with Gasteiger partial charge >= 0.3 is 6.61 Å². The number of rotatable bonds is 4. The first-order chi connectivity index (χ1) is 9.06. The number of nitrogens with two attached hydrogens (primary N) is 1. The molecule has 0 atom stereocenters. The van der Waals surface area contributed by atoms with Crippen molar-refractivity contribution < 1.29 is 18.3 Å². The summed E-state index contributed by atoms with van der Waals surface area (Å²) in [5, 5.41) is 8.42. The predicted octanol–water partition coefficient (Wildman–Crippen LogP) is 1.85. The van der Waals surface area contributed by atoms with Gasteiger partial charge < -0.3 is 15.8 Å². The number of halogens is 2. The third-order valence-electron chi connectivity index (χ3n) is 2.19. The van der Waals surface area contributed by atoms with Crippen LogP contribution in [0.1, 0.15) is 10.5 Å². The van der Waals surface area contributed by atoms with Crippen LogP contribution in [0.25, 0.3) is 0 Å². The number of hydrogen-bond donors (Lipinski definition) is 3. The molecule has 0 aliphatic carbocycles. The summed E-state index contributed by atoms with van der Waals surface area (Å²) in [5.41, 5.74) is 5.60. The third-order valence-corrected chi connectivity index (χ3v) is 2.19. The van der Waals surface area contributed by atoms with Crippen molar-refractivity contribution in [2.24, 2.45) is 0 Å². The Bertz CT molecular complexity index is 586. The Kier molecular flexibility index (Phi) is 3.60. The van der Waals surface area contributed by atoms with Gasteiger partial charge in [0.05, 0.1) is 5.69 Å². The number of aromatic nitrogens is 2. The number of alkyl halides is 2. The minimum absolute atomic E-state index is 0.115. The largest absolute Gasteiger partial charge is 0.433 e. The normalized spacial score (nSPS) is 10.5. The number of nitrogens with one attached hydrogen (secondary N) is 2. The van der Waals surface area contributed by atoms with E-state index in [0.29, 0.717) is 0 Å². The van der Waals surface area contributed by atoms with Crippen molar-refractivity contribution in [1.29, 1.82) is 0 Å². The van der Waals surface area contributed by atoms with Crippen LogP contribution in [0.5, 0.6) is 5.75 Å². The fourth-order valence-electron chi connectivity index (χ4n) is 1.41. The van der Waals surface area contributed by atoms with E-state index in [0.717, 1.165) is 0 Å². The van der Waals surface area contributed by atoms with Gasteiger partial charge in [-0.15, -0.1) is 0 Å². The molecule has 100 valence electrons. The van der Waals surface area contributed by atoms with Crippen molar-refractivity contribution in [1.82, 2.24) is 10.2 Å². The van der Waals surface area contributed by atoms with E-state index in [1.165, 1.54) is 24.3 Å². The van der Waals surface area contributed by atoms with Gasteiger partial charge in [-0.1, -0.05) is 12.1 Å². The number of anilines is 2. The van der Waals surface area contributed by atoms with E-state index < -0.39 is 12.5 Å². The maximum Gasteiger partial charge on any atom is 0.387 e. The van der Waals surface area contributed by atoms with Crippen LogP contribution in [-0.2, 0) is 0 Å². The smallest absolute Gasteiger partial charge is 0.387 e. The molecule has 0 aliphatic heterocycles. The van der Waals surface area contributed by atoms with Crippen LogP contribution in [-0.4, -0.2) is 22.7 Å². The lowest BCUT2D eigenvalue weighted by molar-refractivity contribution is -0.0493. The summed E-state index contributed by atoms with van der Waals surface area (Å²) in [7, 11) is 0. The maximum absolute atomic E-state index is 12.2. The topological polar surface area (TPSA) is 93.0 Å². The first kappa shape index (κ1) is 12.8. The maximum atomic E-state index is 12.2. The second-order valence-corrected chi connectivity index (χ2v) is 3.54. The van der Waals surface area contributed by atoms with Crippen molar-refractivity contribution in [2.75, 3.05) is 11.1 Å². The predicted molar refractivity (Wildman–Crippen MR) is 64.0 cm³/mol. The molecule has 0 bridgehead atoms. The molecule has 0 saturated carbocycles. The molecule has 1 amide bonds. The van der Waals surface area contributed by atoms with Gasteiger partial charge in [-0.25, -0.2) is 0 Å². The number of nitrogens with zero attached hydrogens (tertiary/aromatic N) is 1. The van der Waals surface area contributed by atoms with E-state index in [-0.39, 0.29) is 22.9 Å². The van der Waals surface area contributed by atoms with Gasteiger partial charge in [0.1, 0.15) is 17.3 Å². The van der Waals surface area contributed by atoms with Gasteiger partial charge in [0.2, 0.25) is 0 Å². The highest BCUT2D eigenvalue weighted by atomic mass is 19.3. The zero-order valence-corrected chi connectivity index (χ0v) is 9.56. The van der Waals surface area contributed by atoms with Gasteiger partial charge in [0.15, 0.2) is 0 Å². The van der Waals surface area contributed by atoms with Crippen molar-refractivity contribution in [3.63, 3.8) is 0 Å². The second kappa shape index (κ2) is 5.34. The van der Waals surface area contributed by atoms with Gasteiger partial charge in [-0.3, -0.25) is 9.89 Å². The molecule has 0 unspecified atom stereocenters. The Balaban J connectivity index is 2.16. The van der Waals surface area contributed by atoms with Crippen LogP contribution in [0.2, 0.25) is 0 Å². The molecule has 6 nitrogen and oxygen atoms in total. The van der Waals surface area contributed by atoms with Crippen LogP contribution in [0.3, 0.4) is 0 Å². The van der Waals surface area contributed by atoms with E-state index in [4.69, 9.17) is 5.73 Å². The molecule has 0 saturated heterocycles. The van der Waals surface area contributed by atoms with Gasteiger partial charge in [-0.2, -0.15) is 13.9 Å². The van der Waals surface area contributed by atoms with Crippen LogP contribution in [0.15, 0.2) is 30.3 Å². The van der Waals surface area contributed by atoms with Gasteiger partial charge in [0.25, 0.3) is 5.91 Å². The van der Waals surface area contributed by atoms with E-state index >= 15 is 0 Å². The van der Waals surface area contributed by atoms with Crippen LogP contribution >= 0.6 is 0 Å². The molecule has 19 heavy (non-hydrogen) atoms. The summed E-state index contributed by atoms with van der Waals surface area (Å²) in [6, 6.07) is 7.18. The third kappa shape index (κ3) is 3.18. The summed E-state index contributed by atoms with van der Waals surface area (Å²) in [4.78, 5) is 11.8. The average molecular weight is 268 g/mol. The number of nitrogen functional groups attached to an aromatic ring is 1. The number of hydrogen-bond acceptors (Lipinski definition) is 4. The molecular formula is C11H10F2N4O2. The number of amides is 1. The minimum Gasteiger partial charge on any atom is -0.433 e. The van der Waals surface area contributed by atoms with Crippen LogP contribution < -0.4 is 15.8 Å². The monoisotopic (exact) mass is 268 g/mol. The average Bonchev–Trinajstić information content (AvgIpc) is 2.78. The lowest BCUT2D eigenvalue weighted by Crippen LogP contribution is -2.14. The zero-order valence-electron chi connectivity index (χ0n) is 9.56. The molecule has 0 aliphatic rings. The second-order valence-electron chi connectivity index (χ2n) is 3.54. The van der Waals surface area contributed by atoms with Crippen molar-refractivity contribution in [3.8, 4) is 5.75 Å². The molecule has 0 radical (unpaired) electrons. The SMILES string of the molecule is Nc1cc(C(=O)Nc2ccccc2OC(F)F)[nH]n1. The number of H-pyrrole nitrogens is 1. The van der Waals surface area contributed by atoms with E-state index in [9.17, 15) is 13.6 Å². The Morgan fingerprint density at radius 2 is 2.16 bits per heavy atom. The van der Waals surface area contributed by atoms with Gasteiger partial charge in [-0.05, 0) is 12.1 Å². The fraction of sp³-hybridized carbons (Fsp3) is 0.0909. The number of carbonyl (C=O) groups excluding carboxylic acids is 1. The summed E-state index contributed by atoms with van der Waals surface area (Å²) < 4.78 is 28.7. The lowest BCUT2D eigenvalue weighted by atomic mass is 10.3. The summed E-state index contributed by atoms with van der Waals surface area (Å²) in [6.45, 7) is -2.97. The lowest BCUT2D eigenvalue weighted by Gasteiger charge is -2.10. The molecule has 0 spiro atoms. The molecule has 4 N–H and O–H groups in total. The summed E-state index contributed by atoms with van der Waals surface area (Å²) in [5.74, 6) is -0.532. The van der Waals surface area contributed by atoms with Crippen molar-refractivity contribution >= 4 is 17.4 Å². The van der Waals surface area contributed by atoms with Crippen molar-refractivity contribution in [2.45, 2.75) is 6.61 Å². The zero-order chi connectivity index (χ0) is 13.8. The first-order valence-corrected chi connectivity index (χ1v) is 5.22. The molecule has 1 aromatic heterocycles. The van der Waals surface area contributed by atoms with Crippen molar-refractivity contribution in [3.05, 3.63) is 36.0 Å².